The molecule has 0 unspecified atom stereocenters. The number of fused-ring (bicyclic) bond motifs is 1. The van der Waals surface area contributed by atoms with Gasteiger partial charge in [-0.1, -0.05) is 0 Å². The first-order chi connectivity index (χ1) is 14.2. The molecule has 0 radical (unpaired) electrons. The van der Waals surface area contributed by atoms with E-state index in [2.05, 4.69) is 21.3 Å². The van der Waals surface area contributed by atoms with Gasteiger partial charge in [0.05, 0.1) is 10.7 Å². The van der Waals surface area contributed by atoms with Crippen molar-refractivity contribution < 1.29 is 14.3 Å². The maximum Gasteiger partial charge on any atom is 0.265 e. The quantitative estimate of drug-likeness (QED) is 0.491. The Hall–Kier alpha value is -1.90. The highest BCUT2D eigenvalue weighted by Gasteiger charge is 2.28. The number of carbonyl (C=O) groups excluding carboxylic acids is 1. The number of hydrogen-bond donors (Lipinski definition) is 0. The molecular weight excluding hydrogens is 472 g/mol. The summed E-state index contributed by atoms with van der Waals surface area (Å²) in [4.78, 5) is 20.4. The summed E-state index contributed by atoms with van der Waals surface area (Å²) in [6.07, 6.45) is 1.89. The van der Waals surface area contributed by atoms with Gasteiger partial charge in [-0.2, -0.15) is 0 Å². The highest BCUT2D eigenvalue weighted by Crippen LogP contribution is 2.37. The molecule has 1 saturated heterocycles. The number of thiophene rings is 1. The van der Waals surface area contributed by atoms with Crippen LogP contribution in [0, 0.1) is 0 Å². The Labute approximate surface area is 185 Å². The van der Waals surface area contributed by atoms with Crippen LogP contribution in [-0.2, 0) is 0 Å². The van der Waals surface area contributed by atoms with E-state index in [4.69, 9.17) is 14.5 Å². The molecule has 1 fully saturated rings. The fourth-order valence-electron chi connectivity index (χ4n) is 3.73. The molecular formula is C21H19BrN2O3S2. The smallest absolute Gasteiger partial charge is 0.265 e. The summed E-state index contributed by atoms with van der Waals surface area (Å²) < 4.78 is 12.2. The molecule has 29 heavy (non-hydrogen) atoms. The summed E-state index contributed by atoms with van der Waals surface area (Å²) in [5.74, 6) is 2.11. The van der Waals surface area contributed by atoms with Gasteiger partial charge in [-0.25, -0.2) is 4.98 Å². The lowest BCUT2D eigenvalue weighted by Gasteiger charge is -2.31. The largest absolute Gasteiger partial charge is 0.486 e. The molecule has 2 aliphatic rings. The number of piperidine rings is 1. The molecule has 2 aliphatic heterocycles. The molecule has 0 saturated carbocycles. The molecule has 4 heterocycles. The molecule has 1 aromatic carbocycles. The third kappa shape index (κ3) is 3.81. The van der Waals surface area contributed by atoms with E-state index in [1.807, 2.05) is 34.5 Å². The minimum Gasteiger partial charge on any atom is -0.486 e. The van der Waals surface area contributed by atoms with Crippen molar-refractivity contribution in [1.29, 1.82) is 0 Å². The van der Waals surface area contributed by atoms with Crippen LogP contribution < -0.4 is 9.47 Å². The molecule has 8 heteroatoms. The fourth-order valence-corrected chi connectivity index (χ4v) is 6.24. The Kier molecular flexibility index (Phi) is 5.32. The minimum absolute atomic E-state index is 0.126. The minimum atomic E-state index is 0.126. The average Bonchev–Trinajstić information content (AvgIpc) is 3.42. The second-order valence-corrected chi connectivity index (χ2v) is 9.75. The Bertz CT molecular complexity index is 1040. The van der Waals surface area contributed by atoms with Gasteiger partial charge < -0.3 is 14.4 Å². The number of halogens is 1. The van der Waals surface area contributed by atoms with Gasteiger partial charge in [0.2, 0.25) is 0 Å². The van der Waals surface area contributed by atoms with Crippen molar-refractivity contribution in [1.82, 2.24) is 9.88 Å². The van der Waals surface area contributed by atoms with Crippen molar-refractivity contribution in [3.05, 3.63) is 49.4 Å². The summed E-state index contributed by atoms with van der Waals surface area (Å²) in [5, 5.41) is 5.21. The molecule has 0 bridgehead atoms. The number of ether oxygens (including phenoxy) is 2. The topological polar surface area (TPSA) is 51.7 Å². The normalized spacial score (nSPS) is 16.8. The second kappa shape index (κ2) is 8.08. The van der Waals surface area contributed by atoms with E-state index in [0.717, 1.165) is 63.0 Å². The molecule has 0 aliphatic carbocycles. The SMILES string of the molecule is O=C(c1sccc1Br)N1CCC(c2nc(-c3ccc4c(c3)OCCO4)cs2)CC1. The first-order valence-corrected chi connectivity index (χ1v) is 12.1. The van der Waals surface area contributed by atoms with Crippen molar-refractivity contribution >= 4 is 44.5 Å². The van der Waals surface area contributed by atoms with Crippen LogP contribution in [0.25, 0.3) is 11.3 Å². The molecule has 5 nitrogen and oxygen atoms in total. The number of nitrogens with zero attached hydrogens (tertiary/aromatic N) is 2. The van der Waals surface area contributed by atoms with Gasteiger partial charge in [0.15, 0.2) is 11.5 Å². The highest BCUT2D eigenvalue weighted by molar-refractivity contribution is 9.10. The van der Waals surface area contributed by atoms with Gasteiger partial charge in [-0.15, -0.1) is 22.7 Å². The number of benzene rings is 1. The fraction of sp³-hybridized carbons (Fsp3) is 0.333. The summed E-state index contributed by atoms with van der Waals surface area (Å²) in [6, 6.07) is 7.93. The summed E-state index contributed by atoms with van der Waals surface area (Å²) in [7, 11) is 0. The zero-order chi connectivity index (χ0) is 19.8. The number of aromatic nitrogens is 1. The summed E-state index contributed by atoms with van der Waals surface area (Å²) in [5.41, 5.74) is 2.02. The van der Waals surface area contributed by atoms with Crippen molar-refractivity contribution in [3.63, 3.8) is 0 Å². The zero-order valence-corrected chi connectivity index (χ0v) is 18.8. The third-order valence-electron chi connectivity index (χ3n) is 5.30. The second-order valence-electron chi connectivity index (χ2n) is 7.09. The molecule has 150 valence electrons. The van der Waals surface area contributed by atoms with Crippen LogP contribution in [0.3, 0.4) is 0 Å². The summed E-state index contributed by atoms with van der Waals surface area (Å²) >= 11 is 6.67. The first kappa shape index (κ1) is 19.1. The van der Waals surface area contributed by atoms with Crippen LogP contribution in [0.15, 0.2) is 39.5 Å². The average molecular weight is 491 g/mol. The number of carbonyl (C=O) groups is 1. The lowest BCUT2D eigenvalue weighted by molar-refractivity contribution is 0.0717. The van der Waals surface area contributed by atoms with Crippen molar-refractivity contribution in [2.24, 2.45) is 0 Å². The van der Waals surface area contributed by atoms with Crippen molar-refractivity contribution in [3.8, 4) is 22.8 Å². The van der Waals surface area contributed by atoms with E-state index in [-0.39, 0.29) is 5.91 Å². The monoisotopic (exact) mass is 490 g/mol. The van der Waals surface area contributed by atoms with Crippen molar-refractivity contribution in [2.75, 3.05) is 26.3 Å². The van der Waals surface area contributed by atoms with E-state index < -0.39 is 0 Å². The van der Waals surface area contributed by atoms with Crippen LogP contribution >= 0.6 is 38.6 Å². The molecule has 0 N–H and O–H groups in total. The highest BCUT2D eigenvalue weighted by atomic mass is 79.9. The van der Waals surface area contributed by atoms with Crippen LogP contribution in [0.4, 0.5) is 0 Å². The molecule has 0 atom stereocenters. The first-order valence-electron chi connectivity index (χ1n) is 9.57. The number of likely N-dealkylation sites (tertiary alicyclic amines) is 1. The zero-order valence-electron chi connectivity index (χ0n) is 15.6. The van der Waals surface area contributed by atoms with Crippen LogP contribution in [0.5, 0.6) is 11.5 Å². The van der Waals surface area contributed by atoms with Gasteiger partial charge in [0.1, 0.15) is 18.1 Å². The predicted octanol–water partition coefficient (Wildman–Crippen LogP) is 5.43. The Morgan fingerprint density at radius 3 is 2.66 bits per heavy atom. The Morgan fingerprint density at radius 2 is 1.90 bits per heavy atom. The molecule has 3 aromatic rings. The van der Waals surface area contributed by atoms with Gasteiger partial charge in [0.25, 0.3) is 5.91 Å². The molecule has 2 aromatic heterocycles. The Balaban J connectivity index is 1.26. The maximum absolute atomic E-state index is 12.7. The van der Waals surface area contributed by atoms with Gasteiger partial charge in [-0.05, 0) is 58.4 Å². The van der Waals surface area contributed by atoms with E-state index in [1.165, 1.54) is 11.3 Å². The summed E-state index contributed by atoms with van der Waals surface area (Å²) in [6.45, 7) is 2.72. The van der Waals surface area contributed by atoms with Crippen LogP contribution in [-0.4, -0.2) is 42.1 Å². The number of rotatable bonds is 3. The molecule has 0 spiro atoms. The van der Waals surface area contributed by atoms with Gasteiger partial charge in [0, 0.05) is 34.4 Å². The number of thiazole rings is 1. The van der Waals surface area contributed by atoms with E-state index >= 15 is 0 Å². The number of hydrogen-bond acceptors (Lipinski definition) is 6. The van der Waals surface area contributed by atoms with E-state index in [0.29, 0.717) is 19.1 Å². The van der Waals surface area contributed by atoms with Crippen LogP contribution in [0.2, 0.25) is 0 Å². The lowest BCUT2D eigenvalue weighted by atomic mass is 9.97. The standard InChI is InChI=1S/C21H19BrN2O3S2/c22-15-5-10-28-19(15)21(25)24-6-3-13(4-7-24)20-23-16(12-29-20)14-1-2-17-18(11-14)27-9-8-26-17/h1-2,5,10-13H,3-4,6-9H2. The van der Waals surface area contributed by atoms with E-state index in [1.54, 1.807) is 11.3 Å². The van der Waals surface area contributed by atoms with Gasteiger partial charge >= 0.3 is 0 Å². The third-order valence-corrected chi connectivity index (χ3v) is 8.14. The maximum atomic E-state index is 12.7. The molecule has 5 rings (SSSR count). The Morgan fingerprint density at radius 1 is 1.10 bits per heavy atom. The van der Waals surface area contributed by atoms with Crippen molar-refractivity contribution in [2.45, 2.75) is 18.8 Å². The lowest BCUT2D eigenvalue weighted by Crippen LogP contribution is -2.37. The van der Waals surface area contributed by atoms with Crippen LogP contribution in [0.1, 0.15) is 33.4 Å². The predicted molar refractivity (Wildman–Crippen MR) is 118 cm³/mol. The van der Waals surface area contributed by atoms with E-state index in [9.17, 15) is 4.79 Å². The van der Waals surface area contributed by atoms with Gasteiger partial charge in [-0.3, -0.25) is 4.79 Å². The number of amides is 1. The molecule has 1 amide bonds.